The molecule has 0 bridgehead atoms. The van der Waals surface area contributed by atoms with Crippen LogP contribution in [0.1, 0.15) is 34.6 Å². The summed E-state index contributed by atoms with van der Waals surface area (Å²) in [6.07, 6.45) is -0.549. The SMILES string of the molecule is COc1nn(-c2ccc(S(=O)(=O)NC(C)N(C(C)C)C(C)C)cc2)c(=O)o1. The van der Waals surface area contributed by atoms with Gasteiger partial charge in [-0.3, -0.25) is 4.90 Å². The van der Waals surface area contributed by atoms with Crippen LogP contribution < -0.4 is 15.2 Å². The lowest BCUT2D eigenvalue weighted by Gasteiger charge is -2.36. The Balaban J connectivity index is 2.24. The molecule has 1 atom stereocenters. The van der Waals surface area contributed by atoms with Crippen LogP contribution >= 0.6 is 0 Å². The summed E-state index contributed by atoms with van der Waals surface area (Å²) in [4.78, 5) is 13.9. The minimum absolute atomic E-state index is 0.0917. The quantitative estimate of drug-likeness (QED) is 0.673. The van der Waals surface area contributed by atoms with Crippen LogP contribution in [0.4, 0.5) is 0 Å². The molecule has 9 nitrogen and oxygen atoms in total. The summed E-state index contributed by atoms with van der Waals surface area (Å²) in [6.45, 7) is 9.88. The van der Waals surface area contributed by atoms with E-state index < -0.39 is 15.8 Å². The normalized spacial score (nSPS) is 13.5. The largest absolute Gasteiger partial charge is 0.452 e. The van der Waals surface area contributed by atoms with E-state index in [2.05, 4.69) is 14.7 Å². The van der Waals surface area contributed by atoms with Crippen LogP contribution in [0.15, 0.2) is 38.4 Å². The Bertz CT molecular complexity index is 908. The van der Waals surface area contributed by atoms with Crippen molar-refractivity contribution < 1.29 is 17.6 Å². The highest BCUT2D eigenvalue weighted by Gasteiger charge is 2.25. The van der Waals surface area contributed by atoms with Gasteiger partial charge in [0.25, 0.3) is 0 Å². The predicted molar refractivity (Wildman–Crippen MR) is 101 cm³/mol. The van der Waals surface area contributed by atoms with Gasteiger partial charge in [-0.15, -0.1) is 0 Å². The van der Waals surface area contributed by atoms with E-state index in [1.807, 2.05) is 34.6 Å². The molecule has 0 spiro atoms. The van der Waals surface area contributed by atoms with Crippen molar-refractivity contribution in [3.05, 3.63) is 34.8 Å². The van der Waals surface area contributed by atoms with Crippen molar-refractivity contribution in [1.82, 2.24) is 19.4 Å². The molecule has 1 aromatic carbocycles. The molecular weight excluding hydrogens is 372 g/mol. The number of hydrogen-bond acceptors (Lipinski definition) is 7. The van der Waals surface area contributed by atoms with Crippen LogP contribution in [0, 0.1) is 0 Å². The molecule has 0 saturated carbocycles. The number of methoxy groups -OCH3 is 1. The minimum Gasteiger partial charge on any atom is -0.452 e. The molecule has 0 fully saturated rings. The fraction of sp³-hybridized carbons (Fsp3) is 0.529. The second kappa shape index (κ2) is 8.24. The second-order valence-electron chi connectivity index (χ2n) is 6.68. The Hall–Kier alpha value is -2.17. The van der Waals surface area contributed by atoms with E-state index in [4.69, 9.17) is 9.15 Å². The Morgan fingerprint density at radius 1 is 1.11 bits per heavy atom. The van der Waals surface area contributed by atoms with E-state index >= 15 is 0 Å². The van der Waals surface area contributed by atoms with Gasteiger partial charge in [0.15, 0.2) is 0 Å². The summed E-state index contributed by atoms with van der Waals surface area (Å²) >= 11 is 0. The molecule has 2 aromatic rings. The highest BCUT2D eigenvalue weighted by Crippen LogP contribution is 2.16. The first kappa shape index (κ1) is 21.1. The number of benzene rings is 1. The lowest BCUT2D eigenvalue weighted by atomic mass is 10.2. The van der Waals surface area contributed by atoms with Crippen molar-refractivity contribution in [2.45, 2.75) is 57.8 Å². The van der Waals surface area contributed by atoms with Gasteiger partial charge >= 0.3 is 11.8 Å². The lowest BCUT2D eigenvalue weighted by Crippen LogP contribution is -2.52. The Morgan fingerprint density at radius 3 is 2.11 bits per heavy atom. The highest BCUT2D eigenvalue weighted by molar-refractivity contribution is 7.89. The summed E-state index contributed by atoms with van der Waals surface area (Å²) in [5, 5.41) is 3.84. The van der Waals surface area contributed by atoms with Gasteiger partial charge in [0.1, 0.15) is 0 Å². The molecule has 150 valence electrons. The third-order valence-corrected chi connectivity index (χ3v) is 5.61. The van der Waals surface area contributed by atoms with E-state index in [0.717, 1.165) is 4.68 Å². The maximum Gasteiger partial charge on any atom is 0.444 e. The minimum atomic E-state index is -3.73. The molecule has 1 N–H and O–H groups in total. The number of ether oxygens (including phenoxy) is 1. The van der Waals surface area contributed by atoms with E-state index in [1.54, 1.807) is 0 Å². The first-order chi connectivity index (χ1) is 12.6. The summed E-state index contributed by atoms with van der Waals surface area (Å²) in [7, 11) is -2.40. The molecule has 0 aliphatic carbocycles. The number of hydrogen-bond donors (Lipinski definition) is 1. The fourth-order valence-electron chi connectivity index (χ4n) is 3.12. The zero-order chi connectivity index (χ0) is 20.4. The molecule has 27 heavy (non-hydrogen) atoms. The van der Waals surface area contributed by atoms with Gasteiger partial charge < -0.3 is 9.15 Å². The standard InChI is InChI=1S/C17H26N4O5S/c1-11(2)20(12(3)4)13(5)19-27(23,24)15-9-7-14(8-10-15)21-17(22)26-16(18-21)25-6/h7-13,19H,1-6H3. The first-order valence-corrected chi connectivity index (χ1v) is 10.1. The van der Waals surface area contributed by atoms with Crippen molar-refractivity contribution >= 4 is 10.0 Å². The maximum absolute atomic E-state index is 12.7. The van der Waals surface area contributed by atoms with Gasteiger partial charge in [-0.05, 0) is 58.9 Å². The van der Waals surface area contributed by atoms with E-state index in [9.17, 15) is 13.2 Å². The van der Waals surface area contributed by atoms with Gasteiger partial charge in [-0.1, -0.05) is 5.10 Å². The molecule has 0 radical (unpaired) electrons. The summed E-state index contributed by atoms with van der Waals surface area (Å²) in [5.74, 6) is -0.723. The van der Waals surface area contributed by atoms with Crippen LogP contribution in [0.25, 0.3) is 5.69 Å². The Kier molecular flexibility index (Phi) is 6.45. The van der Waals surface area contributed by atoms with E-state index in [0.29, 0.717) is 5.69 Å². The van der Waals surface area contributed by atoms with Crippen LogP contribution in [0.5, 0.6) is 6.08 Å². The molecule has 1 aromatic heterocycles. The van der Waals surface area contributed by atoms with Crippen LogP contribution in [-0.2, 0) is 10.0 Å². The molecule has 0 saturated heterocycles. The number of nitrogens with zero attached hydrogens (tertiary/aromatic N) is 3. The van der Waals surface area contributed by atoms with Crippen LogP contribution in [-0.4, -0.2) is 48.5 Å². The molecule has 2 rings (SSSR count). The molecule has 10 heteroatoms. The molecular formula is C17H26N4O5S. The Labute approximate surface area is 159 Å². The number of aromatic nitrogens is 2. The average molecular weight is 398 g/mol. The summed E-state index contributed by atoms with van der Waals surface area (Å²) < 4.78 is 38.6. The van der Waals surface area contributed by atoms with Crippen molar-refractivity contribution in [3.63, 3.8) is 0 Å². The number of sulfonamides is 1. The second-order valence-corrected chi connectivity index (χ2v) is 8.39. The zero-order valence-corrected chi connectivity index (χ0v) is 17.1. The van der Waals surface area contributed by atoms with E-state index in [1.165, 1.54) is 31.4 Å². The average Bonchev–Trinajstić information content (AvgIpc) is 2.94. The van der Waals surface area contributed by atoms with Crippen LogP contribution in [0.2, 0.25) is 0 Å². The number of rotatable bonds is 8. The third kappa shape index (κ3) is 4.76. The van der Waals surface area contributed by atoms with Gasteiger partial charge in [0.2, 0.25) is 10.0 Å². The first-order valence-electron chi connectivity index (χ1n) is 8.61. The molecule has 1 heterocycles. The smallest absolute Gasteiger partial charge is 0.444 e. The van der Waals surface area contributed by atoms with Crippen molar-refractivity contribution in [3.8, 4) is 11.8 Å². The van der Waals surface area contributed by atoms with Gasteiger partial charge in [-0.2, -0.15) is 9.40 Å². The molecule has 1 unspecified atom stereocenters. The molecule has 0 aliphatic rings. The number of nitrogens with one attached hydrogen (secondary N) is 1. The Morgan fingerprint density at radius 2 is 1.67 bits per heavy atom. The monoisotopic (exact) mass is 398 g/mol. The summed E-state index contributed by atoms with van der Waals surface area (Å²) in [6, 6.07) is 6.13. The van der Waals surface area contributed by atoms with Crippen molar-refractivity contribution in [2.24, 2.45) is 0 Å². The van der Waals surface area contributed by atoms with Gasteiger partial charge in [0.05, 0.1) is 23.9 Å². The lowest BCUT2D eigenvalue weighted by molar-refractivity contribution is 0.116. The fourth-order valence-corrected chi connectivity index (χ4v) is 4.32. The van der Waals surface area contributed by atoms with E-state index in [-0.39, 0.29) is 29.2 Å². The highest BCUT2D eigenvalue weighted by atomic mass is 32.2. The van der Waals surface area contributed by atoms with Crippen molar-refractivity contribution in [2.75, 3.05) is 7.11 Å². The molecule has 0 aliphatic heterocycles. The predicted octanol–water partition coefficient (Wildman–Crippen LogP) is 1.58. The topological polar surface area (TPSA) is 107 Å². The zero-order valence-electron chi connectivity index (χ0n) is 16.3. The van der Waals surface area contributed by atoms with Gasteiger partial charge in [0, 0.05) is 12.1 Å². The van der Waals surface area contributed by atoms with Gasteiger partial charge in [-0.25, -0.2) is 13.2 Å². The molecule has 0 amide bonds. The van der Waals surface area contributed by atoms with Crippen molar-refractivity contribution in [1.29, 1.82) is 0 Å². The van der Waals surface area contributed by atoms with Crippen LogP contribution in [0.3, 0.4) is 0 Å². The maximum atomic E-state index is 12.7. The third-order valence-electron chi connectivity index (χ3n) is 4.06. The summed E-state index contributed by atoms with van der Waals surface area (Å²) in [5.41, 5.74) is 0.366.